The van der Waals surface area contributed by atoms with E-state index in [0.29, 0.717) is 21.9 Å². The molecule has 1 heterocycles. The topological polar surface area (TPSA) is 38.9 Å². The second-order valence-corrected chi connectivity index (χ2v) is 5.66. The van der Waals surface area contributed by atoms with Crippen molar-refractivity contribution >= 4 is 23.4 Å². The Kier molecular flexibility index (Phi) is 4.22. The van der Waals surface area contributed by atoms with E-state index in [2.05, 4.69) is 10.2 Å². The minimum atomic E-state index is -0.246. The van der Waals surface area contributed by atoms with Gasteiger partial charge in [0, 0.05) is 16.3 Å². The van der Waals surface area contributed by atoms with Crippen molar-refractivity contribution in [1.82, 2.24) is 10.2 Å². The first kappa shape index (κ1) is 14.1. The predicted molar refractivity (Wildman–Crippen MR) is 80.7 cm³/mol. The zero-order chi connectivity index (χ0) is 14.7. The first-order valence-corrected chi connectivity index (χ1v) is 7.54. The van der Waals surface area contributed by atoms with Gasteiger partial charge in [-0.25, -0.2) is 4.39 Å². The average Bonchev–Trinajstić information content (AvgIpc) is 2.96. The van der Waals surface area contributed by atoms with E-state index in [1.807, 2.05) is 12.1 Å². The lowest BCUT2D eigenvalue weighted by molar-refractivity contribution is 0.466. The third kappa shape index (κ3) is 3.62. The molecular formula is C15H10ClFN2OS. The summed E-state index contributed by atoms with van der Waals surface area (Å²) < 4.78 is 18.4. The van der Waals surface area contributed by atoms with Crippen molar-refractivity contribution in [2.24, 2.45) is 0 Å². The lowest BCUT2D eigenvalue weighted by Gasteiger charge is -1.98. The molecule has 0 aliphatic rings. The quantitative estimate of drug-likeness (QED) is 0.646. The van der Waals surface area contributed by atoms with Crippen molar-refractivity contribution in [3.8, 4) is 11.5 Å². The summed E-state index contributed by atoms with van der Waals surface area (Å²) in [6.45, 7) is 0. The van der Waals surface area contributed by atoms with E-state index in [9.17, 15) is 4.39 Å². The number of hydrogen-bond acceptors (Lipinski definition) is 4. The summed E-state index contributed by atoms with van der Waals surface area (Å²) in [5.74, 6) is 0.821. The molecule has 3 rings (SSSR count). The first-order chi connectivity index (χ1) is 10.2. The number of hydrogen-bond donors (Lipinski definition) is 0. The van der Waals surface area contributed by atoms with Gasteiger partial charge in [-0.15, -0.1) is 10.2 Å². The molecule has 3 aromatic rings. The summed E-state index contributed by atoms with van der Waals surface area (Å²) in [5.41, 5.74) is 1.77. The minimum Gasteiger partial charge on any atom is -0.411 e. The molecule has 0 aliphatic carbocycles. The molecule has 0 amide bonds. The average molecular weight is 321 g/mol. The Morgan fingerprint density at radius 2 is 1.90 bits per heavy atom. The molecule has 0 saturated heterocycles. The van der Waals surface area contributed by atoms with E-state index in [1.54, 1.807) is 24.3 Å². The fourth-order valence-electron chi connectivity index (χ4n) is 1.73. The molecule has 0 N–H and O–H groups in total. The molecule has 0 fully saturated rings. The highest BCUT2D eigenvalue weighted by Crippen LogP contribution is 2.26. The highest BCUT2D eigenvalue weighted by atomic mass is 35.5. The third-order valence-corrected chi connectivity index (χ3v) is 3.88. The van der Waals surface area contributed by atoms with Crippen LogP contribution in [0, 0.1) is 5.82 Å². The van der Waals surface area contributed by atoms with Crippen LogP contribution in [0.5, 0.6) is 0 Å². The highest BCUT2D eigenvalue weighted by Gasteiger charge is 2.09. The third-order valence-electron chi connectivity index (χ3n) is 2.75. The van der Waals surface area contributed by atoms with Crippen LogP contribution in [-0.4, -0.2) is 10.2 Å². The molecule has 2 aromatic carbocycles. The molecule has 6 heteroatoms. The van der Waals surface area contributed by atoms with Gasteiger partial charge in [-0.3, -0.25) is 0 Å². The summed E-state index contributed by atoms with van der Waals surface area (Å²) in [7, 11) is 0. The standard InChI is InChI=1S/C15H10ClFN2OS/c16-12-3-1-2-11(8-12)14-18-19-15(20-14)21-9-10-4-6-13(17)7-5-10/h1-8H,9H2. The van der Waals surface area contributed by atoms with E-state index in [4.69, 9.17) is 16.0 Å². The Labute approximate surface area is 130 Å². The van der Waals surface area contributed by atoms with Gasteiger partial charge >= 0.3 is 0 Å². The number of nitrogens with zero attached hydrogens (tertiary/aromatic N) is 2. The van der Waals surface area contributed by atoms with Crippen molar-refractivity contribution in [3.05, 3.63) is 64.9 Å². The molecule has 0 aliphatic heterocycles. The maximum atomic E-state index is 12.8. The van der Waals surface area contributed by atoms with Crippen LogP contribution < -0.4 is 0 Å². The van der Waals surface area contributed by atoms with Crippen molar-refractivity contribution in [2.75, 3.05) is 0 Å². The van der Waals surface area contributed by atoms with Gasteiger partial charge in [0.2, 0.25) is 5.89 Å². The zero-order valence-corrected chi connectivity index (χ0v) is 12.4. The molecule has 0 bridgehead atoms. The van der Waals surface area contributed by atoms with Crippen LogP contribution >= 0.6 is 23.4 Å². The van der Waals surface area contributed by atoms with Crippen LogP contribution in [0.2, 0.25) is 5.02 Å². The number of benzene rings is 2. The smallest absolute Gasteiger partial charge is 0.277 e. The number of aromatic nitrogens is 2. The summed E-state index contributed by atoms with van der Waals surface area (Å²) in [6.07, 6.45) is 0. The Bertz CT molecular complexity index is 745. The largest absolute Gasteiger partial charge is 0.411 e. The van der Waals surface area contributed by atoms with Crippen molar-refractivity contribution in [2.45, 2.75) is 11.0 Å². The SMILES string of the molecule is Fc1ccc(CSc2nnc(-c3cccc(Cl)c3)o2)cc1. The highest BCUT2D eigenvalue weighted by molar-refractivity contribution is 7.98. The first-order valence-electron chi connectivity index (χ1n) is 6.17. The Morgan fingerprint density at radius 3 is 2.67 bits per heavy atom. The van der Waals surface area contributed by atoms with E-state index in [0.717, 1.165) is 11.1 Å². The molecule has 0 unspecified atom stereocenters. The minimum absolute atomic E-state index is 0.246. The molecular weight excluding hydrogens is 311 g/mol. The summed E-state index contributed by atoms with van der Waals surface area (Å²) in [6, 6.07) is 13.6. The van der Waals surface area contributed by atoms with Gasteiger partial charge in [0.25, 0.3) is 5.22 Å². The maximum Gasteiger partial charge on any atom is 0.277 e. The van der Waals surface area contributed by atoms with Gasteiger partial charge in [0.1, 0.15) is 5.82 Å². The van der Waals surface area contributed by atoms with Crippen LogP contribution in [0.15, 0.2) is 58.2 Å². The Hall–Kier alpha value is -1.85. The molecule has 1 aromatic heterocycles. The number of rotatable bonds is 4. The van der Waals surface area contributed by atoms with Gasteiger partial charge in [0.05, 0.1) is 0 Å². The summed E-state index contributed by atoms with van der Waals surface area (Å²) >= 11 is 7.33. The van der Waals surface area contributed by atoms with Gasteiger partial charge in [0.15, 0.2) is 0 Å². The number of halogens is 2. The van der Waals surface area contributed by atoms with Gasteiger partial charge < -0.3 is 4.42 Å². The maximum absolute atomic E-state index is 12.8. The van der Waals surface area contributed by atoms with Crippen LogP contribution in [0.1, 0.15) is 5.56 Å². The molecule has 0 spiro atoms. The van der Waals surface area contributed by atoms with Crippen LogP contribution in [0.25, 0.3) is 11.5 Å². The molecule has 0 atom stereocenters. The van der Waals surface area contributed by atoms with Crippen molar-refractivity contribution in [1.29, 1.82) is 0 Å². The Balaban J connectivity index is 1.69. The van der Waals surface area contributed by atoms with E-state index in [1.165, 1.54) is 23.9 Å². The Morgan fingerprint density at radius 1 is 1.10 bits per heavy atom. The van der Waals surface area contributed by atoms with Crippen LogP contribution in [-0.2, 0) is 5.75 Å². The molecule has 21 heavy (non-hydrogen) atoms. The molecule has 106 valence electrons. The van der Waals surface area contributed by atoms with Gasteiger partial charge in [-0.1, -0.05) is 41.6 Å². The number of thioether (sulfide) groups is 1. The van der Waals surface area contributed by atoms with Crippen molar-refractivity contribution in [3.63, 3.8) is 0 Å². The summed E-state index contributed by atoms with van der Waals surface area (Å²) in [5, 5.41) is 9.07. The molecule has 3 nitrogen and oxygen atoms in total. The van der Waals surface area contributed by atoms with Crippen LogP contribution in [0.4, 0.5) is 4.39 Å². The lowest BCUT2D eigenvalue weighted by Crippen LogP contribution is -1.81. The van der Waals surface area contributed by atoms with Crippen molar-refractivity contribution < 1.29 is 8.81 Å². The van der Waals surface area contributed by atoms with Gasteiger partial charge in [-0.05, 0) is 35.9 Å². The second kappa shape index (κ2) is 6.28. The summed E-state index contributed by atoms with van der Waals surface area (Å²) in [4.78, 5) is 0. The molecule has 0 radical (unpaired) electrons. The second-order valence-electron chi connectivity index (χ2n) is 4.30. The van der Waals surface area contributed by atoms with E-state index < -0.39 is 0 Å². The fraction of sp³-hybridized carbons (Fsp3) is 0.0667. The molecule has 0 saturated carbocycles. The van der Waals surface area contributed by atoms with Gasteiger partial charge in [-0.2, -0.15) is 0 Å². The fourth-order valence-corrected chi connectivity index (χ4v) is 2.64. The lowest BCUT2D eigenvalue weighted by atomic mass is 10.2. The zero-order valence-electron chi connectivity index (χ0n) is 10.8. The monoisotopic (exact) mass is 320 g/mol. The normalized spacial score (nSPS) is 10.8. The predicted octanol–water partition coefficient (Wildman–Crippen LogP) is 4.82. The van der Waals surface area contributed by atoms with Crippen LogP contribution in [0.3, 0.4) is 0 Å². The van der Waals surface area contributed by atoms with E-state index in [-0.39, 0.29) is 5.82 Å². The van der Waals surface area contributed by atoms with E-state index >= 15 is 0 Å².